The summed E-state index contributed by atoms with van der Waals surface area (Å²) in [5.41, 5.74) is 1.30. The molecule has 2 rings (SSSR count). The van der Waals surface area contributed by atoms with Gasteiger partial charge in [0, 0.05) is 24.4 Å². The van der Waals surface area contributed by atoms with Crippen molar-refractivity contribution in [1.82, 2.24) is 14.9 Å². The molecule has 3 heteroatoms. The highest BCUT2D eigenvalue weighted by Gasteiger charge is 2.33. The van der Waals surface area contributed by atoms with E-state index in [1.54, 1.807) is 0 Å². The lowest BCUT2D eigenvalue weighted by Gasteiger charge is -2.34. The van der Waals surface area contributed by atoms with Gasteiger partial charge in [-0.2, -0.15) is 0 Å². The van der Waals surface area contributed by atoms with Gasteiger partial charge in [0.2, 0.25) is 0 Å². The van der Waals surface area contributed by atoms with E-state index < -0.39 is 0 Å². The molecule has 19 heavy (non-hydrogen) atoms. The van der Waals surface area contributed by atoms with Gasteiger partial charge in [0.15, 0.2) is 0 Å². The minimum absolute atomic E-state index is 0.0196. The lowest BCUT2D eigenvalue weighted by atomic mass is 9.77. The van der Waals surface area contributed by atoms with E-state index in [4.69, 9.17) is 0 Å². The highest BCUT2D eigenvalue weighted by molar-refractivity contribution is 5.28. The fourth-order valence-electron chi connectivity index (χ4n) is 2.70. The second-order valence-corrected chi connectivity index (χ2v) is 5.38. The van der Waals surface area contributed by atoms with Crippen LogP contribution in [0.25, 0.3) is 0 Å². The van der Waals surface area contributed by atoms with Crippen LogP contribution in [-0.2, 0) is 12.0 Å². The molecule has 0 saturated carbocycles. The lowest BCUT2D eigenvalue weighted by molar-refractivity contribution is 0.344. The Morgan fingerprint density at radius 2 is 1.95 bits per heavy atom. The highest BCUT2D eigenvalue weighted by Crippen LogP contribution is 2.35. The zero-order valence-corrected chi connectivity index (χ0v) is 12.2. The SMILES string of the molecule is CCn1ccnc1C(NC)C(C)(C)c1ccccc1. The summed E-state index contributed by atoms with van der Waals surface area (Å²) in [5, 5.41) is 3.43. The molecule has 0 fully saturated rings. The van der Waals surface area contributed by atoms with Crippen LogP contribution in [0, 0.1) is 0 Å². The van der Waals surface area contributed by atoms with Gasteiger partial charge in [-0.15, -0.1) is 0 Å². The maximum atomic E-state index is 4.55. The molecule has 1 heterocycles. The average molecular weight is 257 g/mol. The molecule has 1 aromatic heterocycles. The summed E-state index contributed by atoms with van der Waals surface area (Å²) in [4.78, 5) is 4.55. The molecule has 0 aliphatic carbocycles. The Morgan fingerprint density at radius 1 is 1.26 bits per heavy atom. The number of hydrogen-bond donors (Lipinski definition) is 1. The topological polar surface area (TPSA) is 29.9 Å². The van der Waals surface area contributed by atoms with Gasteiger partial charge in [-0.1, -0.05) is 44.2 Å². The number of nitrogens with one attached hydrogen (secondary N) is 1. The number of benzene rings is 1. The first-order valence-electron chi connectivity index (χ1n) is 6.85. The molecule has 0 bridgehead atoms. The summed E-state index contributed by atoms with van der Waals surface area (Å²) in [5.74, 6) is 1.10. The number of aryl methyl sites for hydroxylation is 1. The van der Waals surface area contributed by atoms with Crippen LogP contribution in [-0.4, -0.2) is 16.6 Å². The van der Waals surface area contributed by atoms with E-state index in [-0.39, 0.29) is 11.5 Å². The predicted molar refractivity (Wildman–Crippen MR) is 79.2 cm³/mol. The fraction of sp³-hybridized carbons (Fsp3) is 0.438. The third-order valence-corrected chi connectivity index (χ3v) is 3.87. The summed E-state index contributed by atoms with van der Waals surface area (Å²) in [7, 11) is 2.00. The molecule has 0 amide bonds. The van der Waals surface area contributed by atoms with Crippen LogP contribution in [0.15, 0.2) is 42.7 Å². The van der Waals surface area contributed by atoms with Crippen LogP contribution in [0.1, 0.15) is 38.2 Å². The minimum Gasteiger partial charge on any atom is -0.334 e. The first-order chi connectivity index (χ1) is 9.11. The standard InChI is InChI=1S/C16H23N3/c1-5-19-12-11-18-15(19)14(17-4)16(2,3)13-9-7-6-8-10-13/h6-12,14,17H,5H2,1-4H3. The zero-order valence-electron chi connectivity index (χ0n) is 12.2. The smallest absolute Gasteiger partial charge is 0.126 e. The second-order valence-electron chi connectivity index (χ2n) is 5.38. The Hall–Kier alpha value is -1.61. The maximum Gasteiger partial charge on any atom is 0.126 e. The second kappa shape index (κ2) is 5.57. The zero-order chi connectivity index (χ0) is 13.9. The van der Waals surface area contributed by atoms with Crippen LogP contribution in [0.2, 0.25) is 0 Å². The largest absolute Gasteiger partial charge is 0.334 e. The van der Waals surface area contributed by atoms with Crippen LogP contribution in [0.4, 0.5) is 0 Å². The molecule has 0 aliphatic heterocycles. The third kappa shape index (κ3) is 2.56. The van der Waals surface area contributed by atoms with Gasteiger partial charge in [0.25, 0.3) is 0 Å². The lowest BCUT2D eigenvalue weighted by Crippen LogP contribution is -2.37. The van der Waals surface area contributed by atoms with Gasteiger partial charge in [-0.3, -0.25) is 0 Å². The maximum absolute atomic E-state index is 4.55. The van der Waals surface area contributed by atoms with Crippen molar-refractivity contribution >= 4 is 0 Å². The molecule has 1 aromatic carbocycles. The van der Waals surface area contributed by atoms with Crippen LogP contribution in [0.5, 0.6) is 0 Å². The molecular formula is C16H23N3. The van der Waals surface area contributed by atoms with Crippen LogP contribution >= 0.6 is 0 Å². The van der Waals surface area contributed by atoms with Gasteiger partial charge in [-0.05, 0) is 19.5 Å². The number of likely N-dealkylation sites (N-methyl/N-ethyl adjacent to an activating group) is 1. The first kappa shape index (κ1) is 13.8. The Kier molecular flexibility index (Phi) is 4.05. The summed E-state index contributed by atoms with van der Waals surface area (Å²) in [6, 6.07) is 10.8. The van der Waals surface area contributed by atoms with Crippen molar-refractivity contribution in [2.24, 2.45) is 0 Å². The van der Waals surface area contributed by atoms with Crippen molar-refractivity contribution in [2.45, 2.75) is 38.8 Å². The van der Waals surface area contributed by atoms with E-state index in [1.165, 1.54) is 5.56 Å². The molecule has 1 atom stereocenters. The average Bonchev–Trinajstić information content (AvgIpc) is 2.88. The molecule has 1 unspecified atom stereocenters. The molecule has 1 N–H and O–H groups in total. The van der Waals surface area contributed by atoms with Gasteiger partial charge < -0.3 is 9.88 Å². The van der Waals surface area contributed by atoms with Gasteiger partial charge in [-0.25, -0.2) is 4.98 Å². The number of rotatable bonds is 5. The number of aromatic nitrogens is 2. The number of nitrogens with zero attached hydrogens (tertiary/aromatic N) is 2. The van der Waals surface area contributed by atoms with Gasteiger partial charge in [0.1, 0.15) is 5.82 Å². The van der Waals surface area contributed by atoms with E-state index in [2.05, 4.69) is 66.0 Å². The van der Waals surface area contributed by atoms with E-state index in [0.29, 0.717) is 0 Å². The van der Waals surface area contributed by atoms with Crippen molar-refractivity contribution < 1.29 is 0 Å². The molecular weight excluding hydrogens is 234 g/mol. The molecule has 3 nitrogen and oxygen atoms in total. The fourth-order valence-corrected chi connectivity index (χ4v) is 2.70. The predicted octanol–water partition coefficient (Wildman–Crippen LogP) is 3.14. The molecule has 0 radical (unpaired) electrons. The quantitative estimate of drug-likeness (QED) is 0.891. The van der Waals surface area contributed by atoms with Crippen LogP contribution in [0.3, 0.4) is 0 Å². The van der Waals surface area contributed by atoms with Crippen molar-refractivity contribution in [3.05, 3.63) is 54.1 Å². The Balaban J connectivity index is 2.42. The Bertz CT molecular complexity index is 514. The summed E-state index contributed by atoms with van der Waals surface area (Å²) >= 11 is 0. The molecule has 0 spiro atoms. The third-order valence-electron chi connectivity index (χ3n) is 3.87. The van der Waals surface area contributed by atoms with Gasteiger partial charge in [0.05, 0.1) is 6.04 Å². The van der Waals surface area contributed by atoms with Crippen molar-refractivity contribution in [1.29, 1.82) is 0 Å². The first-order valence-corrected chi connectivity index (χ1v) is 6.85. The number of hydrogen-bond acceptors (Lipinski definition) is 2. The summed E-state index contributed by atoms with van der Waals surface area (Å²) < 4.78 is 2.20. The number of imidazole rings is 1. The summed E-state index contributed by atoms with van der Waals surface area (Å²) in [6.07, 6.45) is 3.92. The van der Waals surface area contributed by atoms with Crippen molar-refractivity contribution in [2.75, 3.05) is 7.05 Å². The Morgan fingerprint density at radius 3 is 2.53 bits per heavy atom. The van der Waals surface area contributed by atoms with E-state index >= 15 is 0 Å². The molecule has 2 aromatic rings. The highest BCUT2D eigenvalue weighted by atomic mass is 15.1. The van der Waals surface area contributed by atoms with Crippen molar-refractivity contribution in [3.8, 4) is 0 Å². The van der Waals surface area contributed by atoms with E-state index in [1.807, 2.05) is 19.4 Å². The van der Waals surface area contributed by atoms with Gasteiger partial charge >= 0.3 is 0 Å². The van der Waals surface area contributed by atoms with Crippen molar-refractivity contribution in [3.63, 3.8) is 0 Å². The minimum atomic E-state index is -0.0196. The Labute approximate surface area is 115 Å². The monoisotopic (exact) mass is 257 g/mol. The van der Waals surface area contributed by atoms with Crippen LogP contribution < -0.4 is 5.32 Å². The van der Waals surface area contributed by atoms with E-state index in [9.17, 15) is 0 Å². The van der Waals surface area contributed by atoms with E-state index in [0.717, 1.165) is 12.4 Å². The normalized spacial score (nSPS) is 13.5. The molecule has 0 saturated heterocycles. The summed E-state index contributed by atoms with van der Waals surface area (Å²) in [6.45, 7) is 7.61. The molecule has 0 aliphatic rings. The molecule has 102 valence electrons.